The minimum absolute atomic E-state index is 0.0993. The molecule has 1 aromatic carbocycles. The lowest BCUT2D eigenvalue weighted by molar-refractivity contribution is -0.396. The van der Waals surface area contributed by atoms with Gasteiger partial charge < -0.3 is 10.1 Å². The van der Waals surface area contributed by atoms with Crippen LogP contribution >= 0.6 is 15.9 Å². The number of nitrogens with zero attached hydrogens (tertiary/aromatic N) is 3. The number of halogens is 1. The SMILES string of the molecule is O=C(Cn1ccnc1[N+](=O)[O-])c1ccc(Br)cc1. The molecule has 92 valence electrons. The number of imidazole rings is 1. The second kappa shape index (κ2) is 5.09. The van der Waals surface area contributed by atoms with Crippen LogP contribution in [0.25, 0.3) is 0 Å². The highest BCUT2D eigenvalue weighted by Crippen LogP contribution is 2.13. The highest BCUT2D eigenvalue weighted by Gasteiger charge is 2.17. The molecule has 18 heavy (non-hydrogen) atoms. The first-order valence-corrected chi connectivity index (χ1v) is 5.81. The van der Waals surface area contributed by atoms with Crippen molar-refractivity contribution in [3.05, 3.63) is 56.8 Å². The minimum atomic E-state index is -0.616. The monoisotopic (exact) mass is 309 g/mol. The number of hydrogen-bond donors (Lipinski definition) is 0. The summed E-state index contributed by atoms with van der Waals surface area (Å²) in [4.78, 5) is 25.5. The molecule has 0 bridgehead atoms. The van der Waals surface area contributed by atoms with Crippen LogP contribution in [0.3, 0.4) is 0 Å². The van der Waals surface area contributed by atoms with Gasteiger partial charge in [0.15, 0.2) is 5.78 Å². The molecule has 0 saturated heterocycles. The summed E-state index contributed by atoms with van der Waals surface area (Å²) in [7, 11) is 0. The first-order chi connectivity index (χ1) is 8.58. The van der Waals surface area contributed by atoms with Crippen LogP contribution in [0, 0.1) is 10.1 Å². The first-order valence-electron chi connectivity index (χ1n) is 5.02. The zero-order chi connectivity index (χ0) is 13.1. The smallest absolute Gasteiger partial charge is 0.390 e. The van der Waals surface area contributed by atoms with Gasteiger partial charge in [-0.05, 0) is 17.1 Å². The van der Waals surface area contributed by atoms with Gasteiger partial charge in [-0.3, -0.25) is 4.79 Å². The predicted octanol–water partition coefficient (Wildman–Crippen LogP) is 2.44. The molecule has 2 rings (SSSR count). The highest BCUT2D eigenvalue weighted by molar-refractivity contribution is 9.10. The number of aromatic nitrogens is 2. The van der Waals surface area contributed by atoms with Crippen molar-refractivity contribution in [2.75, 3.05) is 0 Å². The molecular weight excluding hydrogens is 302 g/mol. The van der Waals surface area contributed by atoms with E-state index in [1.165, 1.54) is 17.0 Å². The highest BCUT2D eigenvalue weighted by atomic mass is 79.9. The number of Topliss-reactive ketones (excluding diaryl/α,β-unsaturated/α-hetero) is 1. The molecule has 0 atom stereocenters. The van der Waals surface area contributed by atoms with Crippen LogP contribution in [-0.2, 0) is 6.54 Å². The van der Waals surface area contributed by atoms with Gasteiger partial charge in [0, 0.05) is 10.0 Å². The van der Waals surface area contributed by atoms with Crippen LogP contribution in [0.4, 0.5) is 5.95 Å². The molecule has 0 radical (unpaired) electrons. The molecule has 0 aliphatic heterocycles. The van der Waals surface area contributed by atoms with E-state index in [9.17, 15) is 14.9 Å². The van der Waals surface area contributed by atoms with Crippen LogP contribution in [0.2, 0.25) is 0 Å². The number of carbonyl (C=O) groups excluding carboxylic acids is 1. The van der Waals surface area contributed by atoms with E-state index in [0.717, 1.165) is 4.47 Å². The van der Waals surface area contributed by atoms with Crippen molar-refractivity contribution in [2.45, 2.75) is 6.54 Å². The van der Waals surface area contributed by atoms with E-state index >= 15 is 0 Å². The molecule has 0 fully saturated rings. The molecule has 7 heteroatoms. The predicted molar refractivity (Wildman–Crippen MR) is 67.4 cm³/mol. The van der Waals surface area contributed by atoms with Gasteiger partial charge in [-0.25, -0.2) is 4.57 Å². The zero-order valence-corrected chi connectivity index (χ0v) is 10.7. The fourth-order valence-corrected chi connectivity index (χ4v) is 1.74. The normalized spacial score (nSPS) is 10.3. The van der Waals surface area contributed by atoms with Crippen LogP contribution in [0.15, 0.2) is 41.1 Å². The summed E-state index contributed by atoms with van der Waals surface area (Å²) in [6, 6.07) is 6.81. The van der Waals surface area contributed by atoms with Crippen molar-refractivity contribution in [3.63, 3.8) is 0 Å². The number of hydrogen-bond acceptors (Lipinski definition) is 4. The third-order valence-corrected chi connectivity index (χ3v) is 2.87. The lowest BCUT2D eigenvalue weighted by atomic mass is 10.1. The van der Waals surface area contributed by atoms with Gasteiger partial charge >= 0.3 is 5.95 Å². The summed E-state index contributed by atoms with van der Waals surface area (Å²) in [6.07, 6.45) is 2.71. The van der Waals surface area contributed by atoms with Gasteiger partial charge in [-0.1, -0.05) is 33.0 Å². The van der Waals surface area contributed by atoms with Crippen LogP contribution in [0.5, 0.6) is 0 Å². The topological polar surface area (TPSA) is 78.0 Å². The molecule has 0 aliphatic rings. The minimum Gasteiger partial charge on any atom is -0.390 e. The summed E-state index contributed by atoms with van der Waals surface area (Å²) in [5.74, 6) is -0.538. The van der Waals surface area contributed by atoms with E-state index in [0.29, 0.717) is 5.56 Å². The molecule has 0 unspecified atom stereocenters. The van der Waals surface area contributed by atoms with E-state index in [-0.39, 0.29) is 18.3 Å². The fourth-order valence-electron chi connectivity index (χ4n) is 1.48. The van der Waals surface area contributed by atoms with Crippen molar-refractivity contribution in [1.29, 1.82) is 0 Å². The number of benzene rings is 1. The number of carbonyl (C=O) groups is 1. The largest absolute Gasteiger partial charge is 0.434 e. The van der Waals surface area contributed by atoms with Gasteiger partial charge in [0.1, 0.15) is 18.9 Å². The number of rotatable bonds is 4. The van der Waals surface area contributed by atoms with Crippen molar-refractivity contribution < 1.29 is 9.72 Å². The lowest BCUT2D eigenvalue weighted by Gasteiger charge is -2.01. The van der Waals surface area contributed by atoms with Gasteiger partial charge in [-0.15, -0.1) is 0 Å². The Kier molecular flexibility index (Phi) is 3.52. The second-order valence-electron chi connectivity index (χ2n) is 3.54. The molecule has 0 aliphatic carbocycles. The van der Waals surface area contributed by atoms with Gasteiger partial charge in [-0.2, -0.15) is 0 Å². The summed E-state index contributed by atoms with van der Waals surface area (Å²) >= 11 is 3.27. The molecule has 0 amide bonds. The van der Waals surface area contributed by atoms with E-state index in [1.807, 2.05) is 0 Å². The maximum atomic E-state index is 11.9. The van der Waals surface area contributed by atoms with E-state index in [4.69, 9.17) is 0 Å². The van der Waals surface area contributed by atoms with Gasteiger partial charge in [0.05, 0.1) is 0 Å². The Morgan fingerprint density at radius 2 is 2.06 bits per heavy atom. The molecule has 2 aromatic rings. The molecule has 6 nitrogen and oxygen atoms in total. The fraction of sp³-hybridized carbons (Fsp3) is 0.0909. The summed E-state index contributed by atoms with van der Waals surface area (Å²) in [5.41, 5.74) is 0.501. The lowest BCUT2D eigenvalue weighted by Crippen LogP contribution is -2.11. The summed E-state index contributed by atoms with van der Waals surface area (Å²) in [5, 5.41) is 10.7. The maximum absolute atomic E-state index is 11.9. The molecule has 0 saturated carbocycles. The second-order valence-corrected chi connectivity index (χ2v) is 4.46. The van der Waals surface area contributed by atoms with E-state index in [1.54, 1.807) is 24.3 Å². The Hall–Kier alpha value is -2.02. The average Bonchev–Trinajstić information content (AvgIpc) is 2.78. The van der Waals surface area contributed by atoms with Crippen LogP contribution in [-0.4, -0.2) is 20.3 Å². The standard InChI is InChI=1S/C11H8BrN3O3/c12-9-3-1-8(2-4-9)10(16)7-14-6-5-13-11(14)15(17)18/h1-6H,7H2. The number of ketones is 1. The quantitative estimate of drug-likeness (QED) is 0.493. The van der Waals surface area contributed by atoms with Crippen molar-refractivity contribution in [3.8, 4) is 0 Å². The Bertz CT molecular complexity index is 592. The van der Waals surface area contributed by atoms with Crippen molar-refractivity contribution in [2.24, 2.45) is 0 Å². The van der Waals surface area contributed by atoms with Crippen molar-refractivity contribution in [1.82, 2.24) is 9.55 Å². The Morgan fingerprint density at radius 1 is 1.39 bits per heavy atom. The van der Waals surface area contributed by atoms with Gasteiger partial charge in [0.2, 0.25) is 0 Å². The molecule has 0 N–H and O–H groups in total. The molecule has 0 spiro atoms. The Labute approximate surface area is 111 Å². The maximum Gasteiger partial charge on any atom is 0.434 e. The van der Waals surface area contributed by atoms with Crippen LogP contribution in [0.1, 0.15) is 10.4 Å². The van der Waals surface area contributed by atoms with Crippen LogP contribution < -0.4 is 0 Å². The van der Waals surface area contributed by atoms with E-state index < -0.39 is 4.92 Å². The van der Waals surface area contributed by atoms with Gasteiger partial charge in [0.25, 0.3) is 0 Å². The zero-order valence-electron chi connectivity index (χ0n) is 9.12. The Balaban J connectivity index is 2.19. The third-order valence-electron chi connectivity index (χ3n) is 2.34. The summed E-state index contributed by atoms with van der Waals surface area (Å²) < 4.78 is 2.08. The number of nitro groups is 1. The third kappa shape index (κ3) is 2.62. The average molecular weight is 310 g/mol. The van der Waals surface area contributed by atoms with E-state index in [2.05, 4.69) is 20.9 Å². The molecule has 1 heterocycles. The Morgan fingerprint density at radius 3 is 2.67 bits per heavy atom. The first kappa shape index (κ1) is 12.4. The molecule has 1 aromatic heterocycles. The van der Waals surface area contributed by atoms with Crippen molar-refractivity contribution >= 4 is 27.7 Å². The molecular formula is C11H8BrN3O3. The summed E-state index contributed by atoms with van der Waals surface area (Å²) in [6.45, 7) is -0.0993.